The van der Waals surface area contributed by atoms with Crippen LogP contribution in [0.3, 0.4) is 0 Å². The van der Waals surface area contributed by atoms with Gasteiger partial charge in [-0.2, -0.15) is 0 Å². The third kappa shape index (κ3) is 1.75. The topological polar surface area (TPSA) is 77.2 Å². The number of aromatic nitrogens is 3. The molecule has 1 N–H and O–H groups in total. The number of nitrogens with zero attached hydrogens (tertiary/aromatic N) is 3. The Morgan fingerprint density at radius 1 is 1.62 bits per heavy atom. The minimum atomic E-state index is -2.92. The Bertz CT molecular complexity index is 401. The summed E-state index contributed by atoms with van der Waals surface area (Å²) in [5.41, 5.74) is -1.34. The number of ether oxygens (including phenoxy) is 1. The first-order chi connectivity index (χ1) is 7.61. The van der Waals surface area contributed by atoms with Gasteiger partial charge >= 0.3 is 5.97 Å². The van der Waals surface area contributed by atoms with Gasteiger partial charge < -0.3 is 9.84 Å². The minimum Gasteiger partial charge on any atom is -0.476 e. The second kappa shape index (κ2) is 4.12. The van der Waals surface area contributed by atoms with E-state index in [4.69, 9.17) is 9.84 Å². The molecule has 0 aromatic carbocycles. The summed E-state index contributed by atoms with van der Waals surface area (Å²) >= 11 is 0. The van der Waals surface area contributed by atoms with Crippen LogP contribution in [-0.2, 0) is 4.74 Å². The van der Waals surface area contributed by atoms with Gasteiger partial charge in [0.1, 0.15) is 5.69 Å². The van der Waals surface area contributed by atoms with E-state index < -0.39 is 23.8 Å². The van der Waals surface area contributed by atoms with E-state index in [2.05, 4.69) is 10.3 Å². The van der Waals surface area contributed by atoms with Gasteiger partial charge in [-0.1, -0.05) is 5.21 Å². The van der Waals surface area contributed by atoms with Crippen LogP contribution >= 0.6 is 0 Å². The van der Waals surface area contributed by atoms with E-state index in [0.717, 1.165) is 4.68 Å². The normalized spacial score (nSPS) is 20.6. The van der Waals surface area contributed by atoms with Crippen molar-refractivity contribution in [2.24, 2.45) is 0 Å². The van der Waals surface area contributed by atoms with Gasteiger partial charge in [0.05, 0.1) is 12.6 Å². The van der Waals surface area contributed by atoms with E-state index >= 15 is 0 Å². The van der Waals surface area contributed by atoms with Crippen molar-refractivity contribution in [1.29, 1.82) is 0 Å². The fraction of sp³-hybridized carbons (Fsp3) is 0.625. The van der Waals surface area contributed by atoms with Gasteiger partial charge in [0.2, 0.25) is 0 Å². The summed E-state index contributed by atoms with van der Waals surface area (Å²) in [6, 6.07) is -0.357. The summed E-state index contributed by atoms with van der Waals surface area (Å²) in [7, 11) is 0. The van der Waals surface area contributed by atoms with Crippen LogP contribution in [0, 0.1) is 0 Å². The number of halogens is 2. The maximum Gasteiger partial charge on any atom is 0.358 e. The number of hydrogen-bond acceptors (Lipinski definition) is 4. The highest BCUT2D eigenvalue weighted by Gasteiger charge is 2.31. The first kappa shape index (κ1) is 10.9. The smallest absolute Gasteiger partial charge is 0.358 e. The van der Waals surface area contributed by atoms with Crippen LogP contribution in [0.2, 0.25) is 0 Å². The molecule has 8 heteroatoms. The fourth-order valence-corrected chi connectivity index (χ4v) is 1.64. The lowest BCUT2D eigenvalue weighted by Gasteiger charge is -2.10. The summed E-state index contributed by atoms with van der Waals surface area (Å²) in [5.74, 6) is -1.50. The van der Waals surface area contributed by atoms with Crippen molar-refractivity contribution in [2.75, 3.05) is 13.2 Å². The lowest BCUT2D eigenvalue weighted by Crippen LogP contribution is -2.15. The van der Waals surface area contributed by atoms with E-state index in [0.29, 0.717) is 13.0 Å². The quantitative estimate of drug-likeness (QED) is 0.838. The van der Waals surface area contributed by atoms with Crippen LogP contribution in [0.5, 0.6) is 0 Å². The van der Waals surface area contributed by atoms with E-state index in [1.165, 1.54) is 0 Å². The maximum absolute atomic E-state index is 12.7. The minimum absolute atomic E-state index is 0.252. The zero-order chi connectivity index (χ0) is 11.7. The predicted octanol–water partition coefficient (Wildman–Crippen LogP) is 0.875. The fourth-order valence-electron chi connectivity index (χ4n) is 1.64. The molecule has 1 aliphatic heterocycles. The van der Waals surface area contributed by atoms with Gasteiger partial charge in [-0.3, -0.25) is 0 Å². The Kier molecular flexibility index (Phi) is 2.82. The third-order valence-electron chi connectivity index (χ3n) is 2.39. The second-order valence-corrected chi connectivity index (χ2v) is 3.39. The van der Waals surface area contributed by atoms with Gasteiger partial charge in [0, 0.05) is 6.61 Å². The number of carbonyl (C=O) groups is 1. The highest BCUT2D eigenvalue weighted by atomic mass is 19.3. The predicted molar refractivity (Wildman–Crippen MR) is 46.4 cm³/mol. The lowest BCUT2D eigenvalue weighted by molar-refractivity contribution is 0.0674. The van der Waals surface area contributed by atoms with Crippen LogP contribution in [0.15, 0.2) is 0 Å². The van der Waals surface area contributed by atoms with E-state index in [-0.39, 0.29) is 12.6 Å². The molecule has 0 spiro atoms. The molecule has 2 rings (SSSR count). The maximum atomic E-state index is 12.7. The average molecular weight is 233 g/mol. The van der Waals surface area contributed by atoms with Crippen LogP contribution in [0.4, 0.5) is 8.78 Å². The molecule has 2 heterocycles. The standard InChI is InChI=1S/C8H9F2N3O3/c9-7(10)6-5(8(14)15)11-12-13(6)4-1-2-16-3-4/h4,7H,1-3H2,(H,14,15). The highest BCUT2D eigenvalue weighted by Crippen LogP contribution is 2.27. The Hall–Kier alpha value is -1.57. The molecule has 16 heavy (non-hydrogen) atoms. The summed E-state index contributed by atoms with van der Waals surface area (Å²) in [5, 5.41) is 15.4. The van der Waals surface area contributed by atoms with Crippen molar-refractivity contribution in [3.63, 3.8) is 0 Å². The molecule has 1 aromatic heterocycles. The summed E-state index contributed by atoms with van der Waals surface area (Å²) in [4.78, 5) is 10.7. The number of hydrogen-bond donors (Lipinski definition) is 1. The Balaban J connectivity index is 2.40. The number of carboxylic acids is 1. The van der Waals surface area contributed by atoms with E-state index in [9.17, 15) is 13.6 Å². The molecule has 1 unspecified atom stereocenters. The number of aromatic carboxylic acids is 1. The van der Waals surface area contributed by atoms with Crippen LogP contribution in [-0.4, -0.2) is 39.3 Å². The summed E-state index contributed by atoms with van der Waals surface area (Å²) in [6.45, 7) is 0.706. The molecule has 1 aromatic rings. The van der Waals surface area contributed by atoms with Gasteiger partial charge in [-0.05, 0) is 6.42 Å². The Morgan fingerprint density at radius 3 is 2.88 bits per heavy atom. The summed E-state index contributed by atoms with van der Waals surface area (Å²) < 4.78 is 31.5. The number of alkyl halides is 2. The Morgan fingerprint density at radius 2 is 2.38 bits per heavy atom. The van der Waals surface area contributed by atoms with Crippen molar-refractivity contribution in [3.8, 4) is 0 Å². The largest absolute Gasteiger partial charge is 0.476 e. The monoisotopic (exact) mass is 233 g/mol. The molecular formula is C8H9F2N3O3. The van der Waals surface area contributed by atoms with Gasteiger partial charge in [0.25, 0.3) is 6.43 Å². The van der Waals surface area contributed by atoms with Gasteiger partial charge in [-0.15, -0.1) is 5.10 Å². The molecule has 0 radical (unpaired) electrons. The molecule has 0 bridgehead atoms. The molecule has 0 amide bonds. The van der Waals surface area contributed by atoms with Crippen molar-refractivity contribution < 1.29 is 23.4 Å². The number of rotatable bonds is 3. The molecule has 1 saturated heterocycles. The average Bonchev–Trinajstić information content (AvgIpc) is 2.85. The van der Waals surface area contributed by atoms with Gasteiger partial charge in [-0.25, -0.2) is 18.3 Å². The van der Waals surface area contributed by atoms with Crippen molar-refractivity contribution >= 4 is 5.97 Å². The van der Waals surface area contributed by atoms with Crippen LogP contribution in [0.1, 0.15) is 35.1 Å². The Labute approximate surface area is 88.8 Å². The van der Waals surface area contributed by atoms with Crippen LogP contribution in [0.25, 0.3) is 0 Å². The molecule has 1 aliphatic rings. The molecular weight excluding hydrogens is 224 g/mol. The van der Waals surface area contributed by atoms with Crippen molar-refractivity contribution in [3.05, 3.63) is 11.4 Å². The van der Waals surface area contributed by atoms with Gasteiger partial charge in [0.15, 0.2) is 5.69 Å². The molecule has 0 saturated carbocycles. The molecule has 6 nitrogen and oxygen atoms in total. The zero-order valence-electron chi connectivity index (χ0n) is 8.14. The summed E-state index contributed by atoms with van der Waals surface area (Å²) in [6.07, 6.45) is -2.39. The van der Waals surface area contributed by atoms with E-state index in [1.54, 1.807) is 0 Å². The highest BCUT2D eigenvalue weighted by molar-refractivity contribution is 5.86. The number of carboxylic acid groups (broad SMARTS) is 1. The van der Waals surface area contributed by atoms with Crippen molar-refractivity contribution in [1.82, 2.24) is 15.0 Å². The van der Waals surface area contributed by atoms with Crippen LogP contribution < -0.4 is 0 Å². The first-order valence-corrected chi connectivity index (χ1v) is 4.65. The molecule has 1 atom stereocenters. The zero-order valence-corrected chi connectivity index (χ0v) is 8.14. The second-order valence-electron chi connectivity index (χ2n) is 3.39. The first-order valence-electron chi connectivity index (χ1n) is 4.65. The van der Waals surface area contributed by atoms with Crippen molar-refractivity contribution in [2.45, 2.75) is 18.9 Å². The molecule has 1 fully saturated rings. The SMILES string of the molecule is O=C(O)c1nnn(C2CCOC2)c1C(F)F. The van der Waals surface area contributed by atoms with E-state index in [1.807, 2.05) is 0 Å². The molecule has 88 valence electrons. The molecule has 0 aliphatic carbocycles. The lowest BCUT2D eigenvalue weighted by atomic mass is 10.2. The third-order valence-corrected chi connectivity index (χ3v) is 2.39.